The molecule has 0 aliphatic heterocycles. The monoisotopic (exact) mass is 465 g/mol. The summed E-state index contributed by atoms with van der Waals surface area (Å²) in [6.07, 6.45) is 1.78. The van der Waals surface area contributed by atoms with Crippen molar-refractivity contribution in [3.63, 3.8) is 0 Å². The minimum absolute atomic E-state index is 0.691. The van der Waals surface area contributed by atoms with Crippen molar-refractivity contribution in [2.75, 3.05) is 7.11 Å². The van der Waals surface area contributed by atoms with Gasteiger partial charge in [0.15, 0.2) is 5.82 Å². The van der Waals surface area contributed by atoms with Gasteiger partial charge < -0.3 is 4.74 Å². The molecular formula is C23H17BrClN3O. The summed E-state index contributed by atoms with van der Waals surface area (Å²) in [7, 11) is 1.65. The summed E-state index contributed by atoms with van der Waals surface area (Å²) >= 11 is 9.52. The highest BCUT2D eigenvalue weighted by Gasteiger charge is 2.11. The number of halogens is 2. The molecule has 29 heavy (non-hydrogen) atoms. The lowest BCUT2D eigenvalue weighted by Crippen LogP contribution is -1.96. The molecule has 0 amide bonds. The lowest BCUT2D eigenvalue weighted by Gasteiger charge is -2.05. The lowest BCUT2D eigenvalue weighted by atomic mass is 10.1. The van der Waals surface area contributed by atoms with Crippen LogP contribution >= 0.6 is 27.5 Å². The molecular weight excluding hydrogens is 450 g/mol. The second-order valence-corrected chi connectivity index (χ2v) is 7.64. The second-order valence-electron chi connectivity index (χ2n) is 6.29. The van der Waals surface area contributed by atoms with Crippen molar-refractivity contribution in [2.24, 2.45) is 4.99 Å². The van der Waals surface area contributed by atoms with Crippen molar-refractivity contribution in [2.45, 2.75) is 0 Å². The lowest BCUT2D eigenvalue weighted by molar-refractivity contribution is 0.414. The molecule has 0 fully saturated rings. The van der Waals surface area contributed by atoms with Gasteiger partial charge in [-0.05, 0) is 42.5 Å². The number of ether oxygens (including phenoxy) is 1. The van der Waals surface area contributed by atoms with Crippen LogP contribution in [0.5, 0.6) is 5.75 Å². The number of benzene rings is 3. The molecule has 144 valence electrons. The summed E-state index contributed by atoms with van der Waals surface area (Å²) in [5.41, 5.74) is 3.59. The van der Waals surface area contributed by atoms with Gasteiger partial charge in [-0.3, -0.25) is 0 Å². The number of aromatic nitrogens is 2. The maximum atomic E-state index is 6.03. The summed E-state index contributed by atoms with van der Waals surface area (Å²) in [5.74, 6) is 1.46. The largest absolute Gasteiger partial charge is 0.496 e. The molecule has 6 heteroatoms. The summed E-state index contributed by atoms with van der Waals surface area (Å²) in [6, 6.07) is 25.3. The Bertz CT molecular complexity index is 1150. The van der Waals surface area contributed by atoms with Crippen molar-refractivity contribution in [3.05, 3.63) is 93.9 Å². The highest BCUT2D eigenvalue weighted by atomic mass is 79.9. The number of nitrogens with zero attached hydrogens (tertiary/aromatic N) is 3. The van der Waals surface area contributed by atoms with Gasteiger partial charge in [0, 0.05) is 32.9 Å². The molecule has 0 saturated heterocycles. The van der Waals surface area contributed by atoms with E-state index in [1.807, 2.05) is 83.5 Å². The van der Waals surface area contributed by atoms with Crippen molar-refractivity contribution < 1.29 is 4.74 Å². The number of aliphatic imine (C=N–C) groups is 1. The predicted molar refractivity (Wildman–Crippen MR) is 122 cm³/mol. The van der Waals surface area contributed by atoms with Crippen LogP contribution in [-0.2, 0) is 0 Å². The predicted octanol–water partition coefficient (Wildman–Crippen LogP) is 6.71. The van der Waals surface area contributed by atoms with E-state index >= 15 is 0 Å². The van der Waals surface area contributed by atoms with Gasteiger partial charge in [0.1, 0.15) is 5.75 Å². The zero-order chi connectivity index (χ0) is 20.2. The third-order valence-electron chi connectivity index (χ3n) is 4.36. The average molecular weight is 467 g/mol. The van der Waals surface area contributed by atoms with Crippen LogP contribution in [0.15, 0.2) is 88.3 Å². The van der Waals surface area contributed by atoms with Crippen LogP contribution in [0.4, 0.5) is 5.82 Å². The van der Waals surface area contributed by atoms with Crippen molar-refractivity contribution >= 4 is 39.6 Å². The standard InChI is InChI=1S/C23H17BrClN3O/c1-29-22-12-9-18(24)13-17(22)15-26-23-14-21(16-7-10-19(25)11-8-16)27-28(23)20-5-3-2-4-6-20/h2-15H,1H3/b26-15+. The first-order valence-corrected chi connectivity index (χ1v) is 10.1. The molecule has 0 N–H and O–H groups in total. The topological polar surface area (TPSA) is 39.4 Å². The Morgan fingerprint density at radius 2 is 1.76 bits per heavy atom. The molecule has 1 aromatic heterocycles. The van der Waals surface area contributed by atoms with Crippen molar-refractivity contribution in [3.8, 4) is 22.7 Å². The van der Waals surface area contributed by atoms with Crippen LogP contribution in [-0.4, -0.2) is 23.1 Å². The molecule has 0 radical (unpaired) electrons. The average Bonchev–Trinajstić information content (AvgIpc) is 3.18. The molecule has 0 saturated carbocycles. The minimum Gasteiger partial charge on any atom is -0.496 e. The summed E-state index contributed by atoms with van der Waals surface area (Å²) < 4.78 is 8.22. The Labute approximate surface area is 182 Å². The number of rotatable bonds is 5. The first-order valence-electron chi connectivity index (χ1n) is 8.93. The third-order valence-corrected chi connectivity index (χ3v) is 5.10. The highest BCUT2D eigenvalue weighted by molar-refractivity contribution is 9.10. The van der Waals surface area contributed by atoms with Gasteiger partial charge in [0.2, 0.25) is 0 Å². The van der Waals surface area contributed by atoms with Crippen LogP contribution in [0, 0.1) is 0 Å². The van der Waals surface area contributed by atoms with E-state index in [0.29, 0.717) is 10.8 Å². The Morgan fingerprint density at radius 1 is 1.00 bits per heavy atom. The van der Waals surface area contributed by atoms with Crippen molar-refractivity contribution in [1.82, 2.24) is 9.78 Å². The van der Waals surface area contributed by atoms with E-state index in [0.717, 1.165) is 32.7 Å². The number of methoxy groups -OCH3 is 1. The Morgan fingerprint density at radius 3 is 2.48 bits per heavy atom. The smallest absolute Gasteiger partial charge is 0.156 e. The van der Waals surface area contributed by atoms with E-state index < -0.39 is 0 Å². The fourth-order valence-electron chi connectivity index (χ4n) is 2.93. The molecule has 0 aliphatic carbocycles. The Hall–Kier alpha value is -2.89. The van der Waals surface area contributed by atoms with Gasteiger partial charge in [0.05, 0.1) is 18.5 Å². The maximum absolute atomic E-state index is 6.03. The molecule has 4 nitrogen and oxygen atoms in total. The maximum Gasteiger partial charge on any atom is 0.156 e. The normalized spacial score (nSPS) is 11.1. The highest BCUT2D eigenvalue weighted by Crippen LogP contribution is 2.28. The Balaban J connectivity index is 1.79. The van der Waals surface area contributed by atoms with E-state index in [9.17, 15) is 0 Å². The van der Waals surface area contributed by atoms with Crippen LogP contribution in [0.3, 0.4) is 0 Å². The van der Waals surface area contributed by atoms with Crippen LogP contribution in [0.2, 0.25) is 5.02 Å². The minimum atomic E-state index is 0.691. The molecule has 0 aliphatic rings. The summed E-state index contributed by atoms with van der Waals surface area (Å²) in [6.45, 7) is 0. The molecule has 0 unspecified atom stereocenters. The van der Waals surface area contributed by atoms with E-state index in [4.69, 9.17) is 26.4 Å². The fourth-order valence-corrected chi connectivity index (χ4v) is 3.43. The van der Waals surface area contributed by atoms with Gasteiger partial charge in [-0.25, -0.2) is 9.67 Å². The van der Waals surface area contributed by atoms with Crippen LogP contribution < -0.4 is 4.74 Å². The first-order chi connectivity index (χ1) is 14.1. The van der Waals surface area contributed by atoms with E-state index in [1.165, 1.54) is 0 Å². The summed E-state index contributed by atoms with van der Waals surface area (Å²) in [4.78, 5) is 4.71. The molecule has 4 aromatic rings. The van der Waals surface area contributed by atoms with E-state index in [-0.39, 0.29) is 0 Å². The zero-order valence-electron chi connectivity index (χ0n) is 15.6. The third kappa shape index (κ3) is 4.42. The number of para-hydroxylation sites is 1. The van der Waals surface area contributed by atoms with Gasteiger partial charge in [-0.1, -0.05) is 57.9 Å². The fraction of sp³-hybridized carbons (Fsp3) is 0.0435. The van der Waals surface area contributed by atoms with Crippen molar-refractivity contribution in [1.29, 1.82) is 0 Å². The quantitative estimate of drug-likeness (QED) is 0.306. The first kappa shape index (κ1) is 19.4. The SMILES string of the molecule is COc1ccc(Br)cc1/C=N/c1cc(-c2ccc(Cl)cc2)nn1-c1ccccc1. The summed E-state index contributed by atoms with van der Waals surface area (Å²) in [5, 5.41) is 5.46. The number of hydrogen-bond donors (Lipinski definition) is 0. The number of hydrogen-bond acceptors (Lipinski definition) is 3. The van der Waals surface area contributed by atoms with Gasteiger partial charge >= 0.3 is 0 Å². The molecule has 0 atom stereocenters. The van der Waals surface area contributed by atoms with E-state index in [2.05, 4.69) is 15.9 Å². The van der Waals surface area contributed by atoms with Gasteiger partial charge in [-0.2, -0.15) is 5.10 Å². The van der Waals surface area contributed by atoms with E-state index in [1.54, 1.807) is 13.3 Å². The molecule has 4 rings (SSSR count). The van der Waals surface area contributed by atoms with Crippen LogP contribution in [0.25, 0.3) is 16.9 Å². The van der Waals surface area contributed by atoms with Gasteiger partial charge in [-0.15, -0.1) is 0 Å². The molecule has 1 heterocycles. The molecule has 0 bridgehead atoms. The molecule has 0 spiro atoms. The van der Waals surface area contributed by atoms with Crippen LogP contribution in [0.1, 0.15) is 5.56 Å². The zero-order valence-corrected chi connectivity index (χ0v) is 17.9. The second kappa shape index (κ2) is 8.64. The Kier molecular flexibility index (Phi) is 5.79. The van der Waals surface area contributed by atoms with Gasteiger partial charge in [0.25, 0.3) is 0 Å². The molecule has 3 aromatic carbocycles.